The number of likely N-dealkylation sites (tertiary alicyclic amines) is 1. The topological polar surface area (TPSA) is 66.8 Å². The van der Waals surface area contributed by atoms with Gasteiger partial charge in [0.25, 0.3) is 5.56 Å². The van der Waals surface area contributed by atoms with Gasteiger partial charge in [0.1, 0.15) is 6.61 Å². The van der Waals surface area contributed by atoms with Crippen molar-refractivity contribution in [3.05, 3.63) is 34.2 Å². The Hall–Kier alpha value is -1.70. The fourth-order valence-corrected chi connectivity index (χ4v) is 6.56. The number of aromatic nitrogens is 1. The zero-order chi connectivity index (χ0) is 20.7. The van der Waals surface area contributed by atoms with E-state index in [1.165, 1.54) is 31.5 Å². The molecule has 4 bridgehead atoms. The molecule has 6 atom stereocenters. The molecule has 164 valence electrons. The number of pyridine rings is 1. The molecule has 5 aliphatic rings. The van der Waals surface area contributed by atoms with E-state index in [2.05, 4.69) is 21.2 Å². The first kappa shape index (κ1) is 20.2. The van der Waals surface area contributed by atoms with Crippen LogP contribution < -0.4 is 10.9 Å². The van der Waals surface area contributed by atoms with Gasteiger partial charge in [-0.3, -0.25) is 14.5 Å². The summed E-state index contributed by atoms with van der Waals surface area (Å²) in [6.07, 6.45) is 3.70. The molecule has 6 heterocycles. The number of nitrogens with zero attached hydrogens (tertiary/aromatic N) is 3. The molecular weight excluding hydrogens is 380 g/mol. The number of nitrogens with one attached hydrogen (secondary N) is 1. The lowest BCUT2D eigenvalue weighted by Crippen LogP contribution is -2.59. The first-order valence-electron chi connectivity index (χ1n) is 11.5. The van der Waals surface area contributed by atoms with Gasteiger partial charge in [-0.1, -0.05) is 6.07 Å². The van der Waals surface area contributed by atoms with E-state index in [9.17, 15) is 9.59 Å². The van der Waals surface area contributed by atoms with Crippen molar-refractivity contribution < 1.29 is 9.53 Å². The third kappa shape index (κ3) is 3.95. The first-order valence-corrected chi connectivity index (χ1v) is 11.5. The van der Waals surface area contributed by atoms with Crippen molar-refractivity contribution in [2.24, 2.45) is 17.8 Å². The van der Waals surface area contributed by atoms with Crippen molar-refractivity contribution in [1.29, 1.82) is 0 Å². The molecule has 1 aromatic rings. The van der Waals surface area contributed by atoms with Crippen molar-refractivity contribution >= 4 is 5.91 Å². The standard InChI is InChI=1S/C23H34N4O3/c1-30-15-22(28)24-9-20-8-17-5-6-26(20)14-19(17)13-25-10-16-7-18(12-25)21-3-2-4-23(29)27(21)11-16/h2-4,16-20H,5-15H2,1H3,(H,24,28). The average molecular weight is 415 g/mol. The van der Waals surface area contributed by atoms with E-state index >= 15 is 0 Å². The van der Waals surface area contributed by atoms with Gasteiger partial charge in [-0.25, -0.2) is 0 Å². The van der Waals surface area contributed by atoms with Crippen molar-refractivity contribution in [3.63, 3.8) is 0 Å². The molecule has 1 amide bonds. The van der Waals surface area contributed by atoms with Crippen LogP contribution >= 0.6 is 0 Å². The molecule has 1 N–H and O–H groups in total. The van der Waals surface area contributed by atoms with Crippen molar-refractivity contribution in [2.75, 3.05) is 53.0 Å². The lowest BCUT2D eigenvalue weighted by Gasteiger charge is -2.52. The molecule has 0 aromatic carbocycles. The fraction of sp³-hybridized carbons (Fsp3) is 0.739. The van der Waals surface area contributed by atoms with Gasteiger partial charge < -0.3 is 19.5 Å². The molecule has 4 saturated heterocycles. The number of hydrogen-bond acceptors (Lipinski definition) is 5. The summed E-state index contributed by atoms with van der Waals surface area (Å²) in [5.74, 6) is 2.56. The summed E-state index contributed by atoms with van der Waals surface area (Å²) in [5.41, 5.74) is 1.40. The van der Waals surface area contributed by atoms with Gasteiger partial charge in [-0.15, -0.1) is 0 Å². The summed E-state index contributed by atoms with van der Waals surface area (Å²) >= 11 is 0. The maximum Gasteiger partial charge on any atom is 0.250 e. The van der Waals surface area contributed by atoms with E-state index in [0.29, 0.717) is 17.9 Å². The number of carbonyl (C=O) groups is 1. The van der Waals surface area contributed by atoms with Crippen LogP contribution in [0.15, 0.2) is 23.0 Å². The van der Waals surface area contributed by atoms with Crippen LogP contribution in [-0.4, -0.2) is 79.3 Å². The molecule has 0 radical (unpaired) electrons. The largest absolute Gasteiger partial charge is 0.375 e. The Labute approximate surface area is 178 Å². The molecule has 7 heteroatoms. The smallest absolute Gasteiger partial charge is 0.250 e. The maximum atomic E-state index is 12.3. The minimum atomic E-state index is -0.0176. The Balaban J connectivity index is 1.18. The number of carbonyl (C=O) groups excluding carboxylic acids is 1. The highest BCUT2D eigenvalue weighted by atomic mass is 16.5. The van der Waals surface area contributed by atoms with Gasteiger partial charge in [-0.2, -0.15) is 0 Å². The Morgan fingerprint density at radius 1 is 1.20 bits per heavy atom. The second kappa shape index (κ2) is 8.44. The number of methoxy groups -OCH3 is 1. The Morgan fingerprint density at radius 3 is 2.90 bits per heavy atom. The second-order valence-corrected chi connectivity index (χ2v) is 9.85. The van der Waals surface area contributed by atoms with Crippen LogP contribution in [0.2, 0.25) is 0 Å². The minimum absolute atomic E-state index is 0.0176. The number of ether oxygens (including phenoxy) is 1. The van der Waals surface area contributed by atoms with Crippen LogP contribution in [-0.2, 0) is 16.1 Å². The number of piperidine rings is 4. The zero-order valence-electron chi connectivity index (χ0n) is 18.0. The van der Waals surface area contributed by atoms with Crippen LogP contribution in [0.5, 0.6) is 0 Å². The number of rotatable bonds is 6. The van der Waals surface area contributed by atoms with Crippen LogP contribution in [0.4, 0.5) is 0 Å². The number of fused-ring (bicyclic) bond motifs is 7. The average Bonchev–Trinajstić information content (AvgIpc) is 2.74. The van der Waals surface area contributed by atoms with E-state index in [0.717, 1.165) is 51.1 Å². The van der Waals surface area contributed by atoms with E-state index in [1.807, 2.05) is 10.6 Å². The van der Waals surface area contributed by atoms with Gasteiger partial charge in [0, 0.05) is 70.1 Å². The lowest BCUT2D eigenvalue weighted by molar-refractivity contribution is -0.125. The van der Waals surface area contributed by atoms with E-state index in [4.69, 9.17) is 4.74 Å². The maximum absolute atomic E-state index is 12.3. The summed E-state index contributed by atoms with van der Waals surface area (Å²) in [5, 5.41) is 3.03. The summed E-state index contributed by atoms with van der Waals surface area (Å²) in [7, 11) is 1.56. The lowest BCUT2D eigenvalue weighted by atomic mass is 9.74. The quantitative estimate of drug-likeness (QED) is 0.744. The molecule has 6 unspecified atom stereocenters. The highest BCUT2D eigenvalue weighted by molar-refractivity contribution is 5.77. The Morgan fingerprint density at radius 2 is 2.10 bits per heavy atom. The predicted octanol–water partition coefficient (Wildman–Crippen LogP) is 0.740. The SMILES string of the molecule is COCC(=O)NCC1CC2CCN1CC2CN1CC2CC(C1)c1cccc(=O)n1C2. The number of hydrogen-bond donors (Lipinski definition) is 1. The van der Waals surface area contributed by atoms with Gasteiger partial charge in [-0.05, 0) is 49.6 Å². The third-order valence-electron chi connectivity index (χ3n) is 7.87. The third-order valence-corrected chi connectivity index (χ3v) is 7.87. The normalized spacial score (nSPS) is 35.1. The predicted molar refractivity (Wildman–Crippen MR) is 114 cm³/mol. The zero-order valence-corrected chi connectivity index (χ0v) is 18.0. The Bertz CT molecular complexity index is 840. The van der Waals surface area contributed by atoms with Crippen LogP contribution in [0.1, 0.15) is 30.9 Å². The highest BCUT2D eigenvalue weighted by Crippen LogP contribution is 2.39. The molecule has 5 aliphatic heterocycles. The number of amides is 1. The molecule has 0 spiro atoms. The first-order chi connectivity index (χ1) is 14.6. The molecule has 0 aliphatic carbocycles. The molecule has 7 nitrogen and oxygen atoms in total. The molecule has 1 aromatic heterocycles. The van der Waals surface area contributed by atoms with Gasteiger partial charge in [0.05, 0.1) is 0 Å². The van der Waals surface area contributed by atoms with Gasteiger partial charge in [0.15, 0.2) is 0 Å². The summed E-state index contributed by atoms with van der Waals surface area (Å²) < 4.78 is 6.94. The molecule has 4 fully saturated rings. The van der Waals surface area contributed by atoms with E-state index in [-0.39, 0.29) is 18.1 Å². The van der Waals surface area contributed by atoms with Gasteiger partial charge in [0.2, 0.25) is 5.91 Å². The van der Waals surface area contributed by atoms with Gasteiger partial charge >= 0.3 is 0 Å². The fourth-order valence-electron chi connectivity index (χ4n) is 6.56. The molecule has 6 rings (SSSR count). The minimum Gasteiger partial charge on any atom is -0.375 e. The molecular formula is C23H34N4O3. The van der Waals surface area contributed by atoms with Crippen LogP contribution in [0, 0.1) is 17.8 Å². The highest BCUT2D eigenvalue weighted by Gasteiger charge is 2.42. The van der Waals surface area contributed by atoms with E-state index < -0.39 is 0 Å². The van der Waals surface area contributed by atoms with Crippen LogP contribution in [0.25, 0.3) is 0 Å². The monoisotopic (exact) mass is 414 g/mol. The summed E-state index contributed by atoms with van der Waals surface area (Å²) in [4.78, 5) is 29.3. The Kier molecular flexibility index (Phi) is 5.69. The molecule has 30 heavy (non-hydrogen) atoms. The van der Waals surface area contributed by atoms with Crippen molar-refractivity contribution in [2.45, 2.75) is 37.8 Å². The second-order valence-electron chi connectivity index (χ2n) is 9.85. The molecule has 0 saturated carbocycles. The van der Waals surface area contributed by atoms with E-state index in [1.54, 1.807) is 13.2 Å². The van der Waals surface area contributed by atoms with Crippen molar-refractivity contribution in [3.8, 4) is 0 Å². The summed E-state index contributed by atoms with van der Waals surface area (Å²) in [6.45, 7) is 7.46. The summed E-state index contributed by atoms with van der Waals surface area (Å²) in [6, 6.07) is 6.25. The van der Waals surface area contributed by atoms with Crippen molar-refractivity contribution in [1.82, 2.24) is 19.7 Å². The van der Waals surface area contributed by atoms with Crippen LogP contribution in [0.3, 0.4) is 0 Å².